The maximum Gasteiger partial charge on any atom is 0.417 e. The first-order valence-electron chi connectivity index (χ1n) is 6.65. The van der Waals surface area contributed by atoms with Crippen molar-refractivity contribution in [2.45, 2.75) is 38.5 Å². The number of carboxylic acids is 1. The molecule has 1 fully saturated rings. The summed E-state index contributed by atoms with van der Waals surface area (Å²) in [5, 5.41) is 8.98. The van der Waals surface area contributed by atoms with Crippen LogP contribution in [-0.4, -0.2) is 42.3 Å². The Morgan fingerprint density at radius 2 is 2.24 bits per heavy atom. The summed E-state index contributed by atoms with van der Waals surface area (Å²) < 4.78 is 49.4. The highest BCUT2D eigenvalue weighted by Crippen LogP contribution is 2.37. The lowest BCUT2D eigenvalue weighted by Crippen LogP contribution is -2.30. The molecule has 2 unspecified atom stereocenters. The average molecular weight is 307 g/mol. The van der Waals surface area contributed by atoms with Crippen LogP contribution in [0.1, 0.15) is 26.2 Å². The molecule has 21 heavy (non-hydrogen) atoms. The van der Waals surface area contributed by atoms with Crippen LogP contribution in [0.25, 0.3) is 0 Å². The first-order valence-corrected chi connectivity index (χ1v) is 6.65. The van der Waals surface area contributed by atoms with E-state index >= 15 is 0 Å². The second-order valence-corrected chi connectivity index (χ2v) is 5.13. The van der Waals surface area contributed by atoms with Crippen molar-refractivity contribution in [3.8, 4) is 0 Å². The van der Waals surface area contributed by atoms with Gasteiger partial charge in [-0.3, -0.25) is 0 Å². The molecular formula is C13H16F3NO4. The highest BCUT2D eigenvalue weighted by molar-refractivity contribution is 6.36. The molecule has 2 aliphatic rings. The molecule has 0 aromatic carbocycles. The van der Waals surface area contributed by atoms with Crippen molar-refractivity contribution < 1.29 is 32.5 Å². The minimum atomic E-state index is -4.59. The quantitative estimate of drug-likeness (QED) is 0.866. The topological polar surface area (TPSA) is 68.1 Å². The molecule has 0 spiro atoms. The fourth-order valence-corrected chi connectivity index (χ4v) is 2.34. The Labute approximate surface area is 119 Å². The van der Waals surface area contributed by atoms with Crippen LogP contribution in [0.2, 0.25) is 0 Å². The average Bonchev–Trinajstić information content (AvgIpc) is 2.88. The number of halogens is 3. The highest BCUT2D eigenvalue weighted by Gasteiger charge is 2.42. The number of aliphatic imine (C=N–C) groups is 1. The molecule has 0 amide bonds. The Kier molecular flexibility index (Phi) is 4.55. The Bertz CT molecular complexity index is 478. The molecule has 0 saturated carbocycles. The van der Waals surface area contributed by atoms with Crippen LogP contribution in [-0.2, 0) is 14.3 Å². The number of hydrogen-bond donors (Lipinski definition) is 1. The molecule has 2 aliphatic heterocycles. The van der Waals surface area contributed by atoms with Gasteiger partial charge in [0.2, 0.25) is 5.88 Å². The molecule has 0 aromatic heterocycles. The van der Waals surface area contributed by atoms with Gasteiger partial charge in [0.05, 0.1) is 11.7 Å². The van der Waals surface area contributed by atoms with Gasteiger partial charge in [-0.25, -0.2) is 9.79 Å². The summed E-state index contributed by atoms with van der Waals surface area (Å²) in [4.78, 5) is 14.6. The van der Waals surface area contributed by atoms with E-state index in [9.17, 15) is 18.0 Å². The molecule has 0 aliphatic carbocycles. The van der Waals surface area contributed by atoms with E-state index < -0.39 is 35.9 Å². The molecule has 118 valence electrons. The Morgan fingerprint density at radius 1 is 1.52 bits per heavy atom. The standard InChI is InChI=1S/C13H16F3NO4/c1-7-5-9(13(14,15)16)11(17-10(7)12(18)19)21-6-8-3-2-4-20-8/h7-8H,2-6H2,1H3,(H,18,19). The lowest BCUT2D eigenvalue weighted by molar-refractivity contribution is -0.130. The van der Waals surface area contributed by atoms with Crippen molar-refractivity contribution >= 4 is 11.7 Å². The van der Waals surface area contributed by atoms with Crippen LogP contribution >= 0.6 is 0 Å². The molecule has 0 bridgehead atoms. The van der Waals surface area contributed by atoms with Gasteiger partial charge in [0.1, 0.15) is 12.3 Å². The van der Waals surface area contributed by atoms with Gasteiger partial charge in [-0.05, 0) is 19.3 Å². The van der Waals surface area contributed by atoms with Crippen LogP contribution in [0, 0.1) is 5.92 Å². The van der Waals surface area contributed by atoms with Gasteiger partial charge in [0, 0.05) is 12.5 Å². The summed E-state index contributed by atoms with van der Waals surface area (Å²) in [5.74, 6) is -2.79. The zero-order valence-corrected chi connectivity index (χ0v) is 11.4. The van der Waals surface area contributed by atoms with E-state index in [-0.39, 0.29) is 18.4 Å². The predicted octanol–water partition coefficient (Wildman–Crippen LogP) is 2.52. The first-order chi connectivity index (χ1) is 9.79. The smallest absolute Gasteiger partial charge is 0.417 e. The molecular weight excluding hydrogens is 291 g/mol. The zero-order chi connectivity index (χ0) is 15.6. The van der Waals surface area contributed by atoms with E-state index in [1.165, 1.54) is 6.92 Å². The van der Waals surface area contributed by atoms with Crippen molar-refractivity contribution in [3.63, 3.8) is 0 Å². The van der Waals surface area contributed by atoms with Crippen molar-refractivity contribution in [2.75, 3.05) is 13.2 Å². The summed E-state index contributed by atoms with van der Waals surface area (Å²) in [6, 6.07) is 0. The molecule has 5 nitrogen and oxygen atoms in total. The highest BCUT2D eigenvalue weighted by atomic mass is 19.4. The minimum absolute atomic E-state index is 0.0559. The monoisotopic (exact) mass is 307 g/mol. The SMILES string of the molecule is CC1CC(C(F)(F)F)=C(OCC2CCCO2)N=C1C(=O)O. The van der Waals surface area contributed by atoms with Crippen LogP contribution in [0.3, 0.4) is 0 Å². The molecule has 2 rings (SSSR count). The molecule has 1 N–H and O–H groups in total. The van der Waals surface area contributed by atoms with Crippen molar-refractivity contribution in [1.29, 1.82) is 0 Å². The number of alkyl halides is 3. The lowest BCUT2D eigenvalue weighted by Gasteiger charge is -2.24. The van der Waals surface area contributed by atoms with E-state index in [4.69, 9.17) is 14.6 Å². The number of aliphatic carboxylic acids is 1. The number of ether oxygens (including phenoxy) is 2. The third-order valence-corrected chi connectivity index (χ3v) is 3.45. The molecule has 1 saturated heterocycles. The van der Waals surface area contributed by atoms with Crippen molar-refractivity contribution in [2.24, 2.45) is 10.9 Å². The Morgan fingerprint density at radius 3 is 2.76 bits per heavy atom. The largest absolute Gasteiger partial charge is 0.477 e. The van der Waals surface area contributed by atoms with E-state index in [1.807, 2.05) is 0 Å². The van der Waals surface area contributed by atoms with Crippen LogP contribution in [0.5, 0.6) is 0 Å². The summed E-state index contributed by atoms with van der Waals surface area (Å²) in [6.07, 6.45) is -3.77. The number of nitrogens with zero attached hydrogens (tertiary/aromatic N) is 1. The van der Waals surface area contributed by atoms with Gasteiger partial charge in [-0.15, -0.1) is 0 Å². The Hall–Kier alpha value is -1.57. The minimum Gasteiger partial charge on any atom is -0.477 e. The van der Waals surface area contributed by atoms with Crippen molar-refractivity contribution in [1.82, 2.24) is 0 Å². The van der Waals surface area contributed by atoms with Crippen LogP contribution < -0.4 is 0 Å². The van der Waals surface area contributed by atoms with Gasteiger partial charge in [0.15, 0.2) is 0 Å². The van der Waals surface area contributed by atoms with Gasteiger partial charge in [-0.2, -0.15) is 13.2 Å². The number of hydrogen-bond acceptors (Lipinski definition) is 4. The number of rotatable bonds is 4. The molecule has 0 aromatic rings. The summed E-state index contributed by atoms with van der Waals surface area (Å²) >= 11 is 0. The summed E-state index contributed by atoms with van der Waals surface area (Å²) in [5.41, 5.74) is -1.23. The molecule has 2 atom stereocenters. The van der Waals surface area contributed by atoms with Gasteiger partial charge >= 0.3 is 12.1 Å². The second-order valence-electron chi connectivity index (χ2n) is 5.13. The van der Waals surface area contributed by atoms with Crippen molar-refractivity contribution in [3.05, 3.63) is 11.5 Å². The maximum absolute atomic E-state index is 13.0. The normalized spacial score (nSPS) is 26.8. The van der Waals surface area contributed by atoms with E-state index in [2.05, 4.69) is 4.99 Å². The van der Waals surface area contributed by atoms with E-state index in [0.717, 1.165) is 6.42 Å². The second kappa shape index (κ2) is 6.05. The zero-order valence-electron chi connectivity index (χ0n) is 11.4. The van der Waals surface area contributed by atoms with E-state index in [0.29, 0.717) is 13.0 Å². The van der Waals surface area contributed by atoms with Crippen LogP contribution in [0.15, 0.2) is 16.4 Å². The summed E-state index contributed by atoms with van der Waals surface area (Å²) in [7, 11) is 0. The third kappa shape index (κ3) is 3.75. The predicted molar refractivity (Wildman–Crippen MR) is 66.9 cm³/mol. The van der Waals surface area contributed by atoms with Gasteiger partial charge < -0.3 is 14.6 Å². The fourth-order valence-electron chi connectivity index (χ4n) is 2.34. The number of carbonyl (C=O) groups is 1. The van der Waals surface area contributed by atoms with Gasteiger partial charge in [0.25, 0.3) is 0 Å². The molecule has 8 heteroatoms. The van der Waals surface area contributed by atoms with Crippen LogP contribution in [0.4, 0.5) is 13.2 Å². The number of allylic oxidation sites excluding steroid dienone is 1. The van der Waals surface area contributed by atoms with E-state index in [1.54, 1.807) is 0 Å². The third-order valence-electron chi connectivity index (χ3n) is 3.45. The summed E-state index contributed by atoms with van der Waals surface area (Å²) in [6.45, 7) is 1.90. The molecule has 0 radical (unpaired) electrons. The first kappa shape index (κ1) is 15.8. The lowest BCUT2D eigenvalue weighted by atomic mass is 9.93. The maximum atomic E-state index is 13.0. The Balaban J connectivity index is 2.22. The van der Waals surface area contributed by atoms with Gasteiger partial charge in [-0.1, -0.05) is 6.92 Å². The fraction of sp³-hybridized carbons (Fsp3) is 0.692. The molecule has 2 heterocycles. The number of carboxylic acid groups (broad SMARTS) is 1.